The molecule has 0 aliphatic carbocycles. The van der Waals surface area contributed by atoms with Crippen LogP contribution in [0.25, 0.3) is 0 Å². The third-order valence-electron chi connectivity index (χ3n) is 4.55. The molecule has 0 spiro atoms. The zero-order chi connectivity index (χ0) is 17.2. The van der Waals surface area contributed by atoms with Crippen molar-refractivity contribution >= 4 is 10.0 Å². The SMILES string of the molecule is CC[C@@H]1CN(S(=O)(=O)C(C)C)CC[C@@H]1N[C@H](C)c1nc(C)no1. The maximum atomic E-state index is 12.4. The molecule has 3 atom stereocenters. The van der Waals surface area contributed by atoms with Crippen LogP contribution in [0.2, 0.25) is 0 Å². The molecule has 2 heterocycles. The van der Waals surface area contributed by atoms with E-state index in [0.29, 0.717) is 24.8 Å². The molecule has 0 unspecified atom stereocenters. The van der Waals surface area contributed by atoms with E-state index in [2.05, 4.69) is 22.4 Å². The van der Waals surface area contributed by atoms with Gasteiger partial charge in [0, 0.05) is 19.1 Å². The summed E-state index contributed by atoms with van der Waals surface area (Å²) in [7, 11) is -3.18. The second kappa shape index (κ2) is 7.27. The molecule has 2 rings (SSSR count). The largest absolute Gasteiger partial charge is 0.338 e. The van der Waals surface area contributed by atoms with Crippen LogP contribution in [0.3, 0.4) is 0 Å². The first kappa shape index (κ1) is 18.4. The van der Waals surface area contributed by atoms with Gasteiger partial charge >= 0.3 is 0 Å². The van der Waals surface area contributed by atoms with Crippen molar-refractivity contribution in [3.63, 3.8) is 0 Å². The fourth-order valence-electron chi connectivity index (χ4n) is 3.04. The standard InChI is InChI=1S/C15H28N4O3S/c1-6-13-9-19(23(20,21)10(2)3)8-7-14(13)16-11(4)15-17-12(5)18-22-15/h10-11,13-14,16H,6-9H2,1-5H3/t11-,13-,14+/m1/s1. The predicted molar refractivity (Wildman–Crippen MR) is 88.4 cm³/mol. The first-order chi connectivity index (χ1) is 10.8. The Labute approximate surface area is 138 Å². The van der Waals surface area contributed by atoms with Gasteiger partial charge in [0.05, 0.1) is 11.3 Å². The molecule has 1 aliphatic rings. The molecule has 8 heteroatoms. The van der Waals surface area contributed by atoms with E-state index in [0.717, 1.165) is 12.8 Å². The van der Waals surface area contributed by atoms with E-state index in [9.17, 15) is 8.42 Å². The van der Waals surface area contributed by atoms with Gasteiger partial charge in [0.25, 0.3) is 0 Å². The minimum atomic E-state index is -3.18. The zero-order valence-electron chi connectivity index (χ0n) is 14.6. The third-order valence-corrected chi connectivity index (χ3v) is 6.80. The number of hydrogen-bond donors (Lipinski definition) is 1. The fourth-order valence-corrected chi connectivity index (χ4v) is 4.40. The van der Waals surface area contributed by atoms with Crippen molar-refractivity contribution in [3.05, 3.63) is 11.7 Å². The molecule has 23 heavy (non-hydrogen) atoms. The third kappa shape index (κ3) is 4.10. The Hall–Kier alpha value is -0.990. The molecule has 7 nitrogen and oxygen atoms in total. The molecule has 132 valence electrons. The second-order valence-electron chi connectivity index (χ2n) is 6.58. The van der Waals surface area contributed by atoms with Crippen molar-refractivity contribution in [3.8, 4) is 0 Å². The van der Waals surface area contributed by atoms with E-state index in [4.69, 9.17) is 4.52 Å². The lowest BCUT2D eigenvalue weighted by Gasteiger charge is -2.39. The van der Waals surface area contributed by atoms with Crippen LogP contribution in [0.4, 0.5) is 0 Å². The Morgan fingerprint density at radius 2 is 2.09 bits per heavy atom. The van der Waals surface area contributed by atoms with Gasteiger partial charge in [-0.05, 0) is 40.0 Å². The van der Waals surface area contributed by atoms with Crippen molar-refractivity contribution in [1.29, 1.82) is 0 Å². The van der Waals surface area contributed by atoms with E-state index in [1.54, 1.807) is 25.1 Å². The van der Waals surface area contributed by atoms with Crippen LogP contribution in [-0.2, 0) is 10.0 Å². The van der Waals surface area contributed by atoms with Crippen LogP contribution in [0.15, 0.2) is 4.52 Å². The van der Waals surface area contributed by atoms with Crippen LogP contribution < -0.4 is 5.32 Å². The quantitative estimate of drug-likeness (QED) is 0.847. The number of aryl methyl sites for hydroxylation is 1. The number of sulfonamides is 1. The van der Waals surface area contributed by atoms with E-state index in [-0.39, 0.29) is 23.3 Å². The molecule has 0 amide bonds. The highest BCUT2D eigenvalue weighted by Crippen LogP contribution is 2.26. The summed E-state index contributed by atoms with van der Waals surface area (Å²) < 4.78 is 31.6. The van der Waals surface area contributed by atoms with E-state index < -0.39 is 10.0 Å². The topological polar surface area (TPSA) is 88.3 Å². The molecule has 0 saturated carbocycles. The minimum Gasteiger partial charge on any atom is -0.338 e. The van der Waals surface area contributed by atoms with Crippen LogP contribution in [0, 0.1) is 12.8 Å². The predicted octanol–water partition coefficient (Wildman–Crippen LogP) is 1.87. The molecule has 1 aromatic rings. The van der Waals surface area contributed by atoms with Gasteiger partial charge in [0.1, 0.15) is 0 Å². The molecular formula is C15H28N4O3S. The van der Waals surface area contributed by atoms with Gasteiger partial charge in [-0.15, -0.1) is 0 Å². The Morgan fingerprint density at radius 1 is 1.39 bits per heavy atom. The zero-order valence-corrected chi connectivity index (χ0v) is 15.4. The summed E-state index contributed by atoms with van der Waals surface area (Å²) in [6, 6.07) is 0.212. The van der Waals surface area contributed by atoms with Crippen molar-refractivity contribution in [2.75, 3.05) is 13.1 Å². The minimum absolute atomic E-state index is 0.0384. The molecule has 1 aliphatic heterocycles. The van der Waals surface area contributed by atoms with E-state index in [1.165, 1.54) is 0 Å². The van der Waals surface area contributed by atoms with Gasteiger partial charge < -0.3 is 9.84 Å². The maximum absolute atomic E-state index is 12.4. The maximum Gasteiger partial charge on any atom is 0.243 e. The first-order valence-corrected chi connectivity index (χ1v) is 9.81. The number of hydrogen-bond acceptors (Lipinski definition) is 6. The lowest BCUT2D eigenvalue weighted by atomic mass is 9.90. The summed E-state index contributed by atoms with van der Waals surface area (Å²) in [6.07, 6.45) is 1.72. The number of nitrogens with zero attached hydrogens (tertiary/aromatic N) is 3. The van der Waals surface area contributed by atoms with E-state index >= 15 is 0 Å². The summed E-state index contributed by atoms with van der Waals surface area (Å²) in [5.41, 5.74) is 0. The molecule has 1 aromatic heterocycles. The van der Waals surface area contributed by atoms with Crippen LogP contribution in [-0.4, -0.2) is 47.2 Å². The monoisotopic (exact) mass is 344 g/mol. The van der Waals surface area contributed by atoms with Crippen molar-refractivity contribution in [1.82, 2.24) is 19.8 Å². The average molecular weight is 344 g/mol. The number of nitrogens with one attached hydrogen (secondary N) is 1. The Balaban J connectivity index is 2.02. The van der Waals surface area contributed by atoms with Crippen molar-refractivity contribution < 1.29 is 12.9 Å². The number of rotatable bonds is 6. The van der Waals surface area contributed by atoms with Gasteiger partial charge in [-0.2, -0.15) is 4.98 Å². The van der Waals surface area contributed by atoms with Gasteiger partial charge in [-0.1, -0.05) is 18.5 Å². The molecule has 0 aromatic carbocycles. The Morgan fingerprint density at radius 3 is 2.61 bits per heavy atom. The second-order valence-corrected chi connectivity index (χ2v) is 9.07. The number of piperidine rings is 1. The molecule has 0 bridgehead atoms. The van der Waals surface area contributed by atoms with Gasteiger partial charge in [0.15, 0.2) is 5.82 Å². The highest BCUT2D eigenvalue weighted by Gasteiger charge is 2.36. The van der Waals surface area contributed by atoms with Crippen molar-refractivity contribution in [2.24, 2.45) is 5.92 Å². The molecule has 1 N–H and O–H groups in total. The molecule has 0 radical (unpaired) electrons. The Kier molecular flexibility index (Phi) is 5.80. The summed E-state index contributed by atoms with van der Waals surface area (Å²) in [4.78, 5) is 4.26. The van der Waals surface area contributed by atoms with Crippen LogP contribution in [0.5, 0.6) is 0 Å². The number of aromatic nitrogens is 2. The lowest BCUT2D eigenvalue weighted by Crippen LogP contribution is -2.52. The average Bonchev–Trinajstić information content (AvgIpc) is 2.94. The van der Waals surface area contributed by atoms with Gasteiger partial charge in [0.2, 0.25) is 15.9 Å². The normalized spacial score (nSPS) is 25.0. The summed E-state index contributed by atoms with van der Waals surface area (Å²) in [5, 5.41) is 6.98. The van der Waals surface area contributed by atoms with Crippen LogP contribution >= 0.6 is 0 Å². The summed E-state index contributed by atoms with van der Waals surface area (Å²) >= 11 is 0. The first-order valence-electron chi connectivity index (χ1n) is 8.30. The lowest BCUT2D eigenvalue weighted by molar-refractivity contribution is 0.183. The molecular weight excluding hydrogens is 316 g/mol. The summed E-state index contributed by atoms with van der Waals surface area (Å²) in [5.74, 6) is 1.48. The van der Waals surface area contributed by atoms with E-state index in [1.807, 2.05) is 6.92 Å². The molecule has 1 fully saturated rings. The van der Waals surface area contributed by atoms with Crippen LogP contribution in [0.1, 0.15) is 58.3 Å². The molecule has 1 saturated heterocycles. The summed E-state index contributed by atoms with van der Waals surface area (Å²) in [6.45, 7) is 10.5. The highest BCUT2D eigenvalue weighted by atomic mass is 32.2. The van der Waals surface area contributed by atoms with Crippen molar-refractivity contribution in [2.45, 2.75) is 64.8 Å². The fraction of sp³-hybridized carbons (Fsp3) is 0.867. The smallest absolute Gasteiger partial charge is 0.243 e. The highest BCUT2D eigenvalue weighted by molar-refractivity contribution is 7.89. The van der Waals surface area contributed by atoms with Gasteiger partial charge in [-0.25, -0.2) is 12.7 Å². The van der Waals surface area contributed by atoms with Gasteiger partial charge in [-0.3, -0.25) is 0 Å². The Bertz CT molecular complexity index is 614.